The molecule has 8 nitrogen and oxygen atoms in total. The van der Waals surface area contributed by atoms with Crippen LogP contribution >= 0.6 is 0 Å². The molecule has 1 saturated carbocycles. The summed E-state index contributed by atoms with van der Waals surface area (Å²) in [5.41, 5.74) is 2.84. The summed E-state index contributed by atoms with van der Waals surface area (Å²) in [7, 11) is 0. The Bertz CT molecular complexity index is 1190. The molecule has 3 aromatic rings. The normalized spacial score (nSPS) is 18.0. The Labute approximate surface area is 205 Å². The van der Waals surface area contributed by atoms with Crippen molar-refractivity contribution in [3.8, 4) is 16.9 Å². The van der Waals surface area contributed by atoms with E-state index in [0.29, 0.717) is 17.3 Å². The molecule has 1 fully saturated rings. The number of aliphatic hydroxyl groups is 1. The summed E-state index contributed by atoms with van der Waals surface area (Å²) in [4.78, 5) is 31.6. The number of carboxylic acids is 1. The Balaban J connectivity index is 1.66. The summed E-state index contributed by atoms with van der Waals surface area (Å²) in [5, 5.41) is 23.8. The molecule has 0 atom stereocenters. The third-order valence-electron chi connectivity index (χ3n) is 6.67. The highest BCUT2D eigenvalue weighted by atomic mass is 16.4. The standard InChI is InChI=1S/C27H32N4O4/c1-17(2)31(26(33)20-9-7-18(3)8-10-20)25-23(27(34)35)15-30(29-25)22-13-11-19(12-14-22)24-6-4-5-21(16-32)28-24/h4-6,11-15,17-18,20,32H,7-10,16H2,1-3H3,(H,34,35). The van der Waals surface area contributed by atoms with Crippen molar-refractivity contribution in [3.05, 3.63) is 59.9 Å². The number of aromatic carboxylic acids is 1. The van der Waals surface area contributed by atoms with Crippen molar-refractivity contribution in [2.24, 2.45) is 11.8 Å². The van der Waals surface area contributed by atoms with Crippen LogP contribution in [0.5, 0.6) is 0 Å². The van der Waals surface area contributed by atoms with E-state index < -0.39 is 5.97 Å². The van der Waals surface area contributed by atoms with Crippen LogP contribution in [0.3, 0.4) is 0 Å². The Morgan fingerprint density at radius 3 is 2.37 bits per heavy atom. The highest BCUT2D eigenvalue weighted by Crippen LogP contribution is 2.33. The first kappa shape index (κ1) is 24.6. The maximum Gasteiger partial charge on any atom is 0.341 e. The van der Waals surface area contributed by atoms with Crippen molar-refractivity contribution in [3.63, 3.8) is 0 Å². The van der Waals surface area contributed by atoms with E-state index >= 15 is 0 Å². The van der Waals surface area contributed by atoms with E-state index in [1.807, 2.05) is 50.2 Å². The SMILES string of the molecule is CC1CCC(C(=O)N(c2nn(-c3ccc(-c4cccc(CO)n4)cc3)cc2C(=O)O)C(C)C)CC1. The average molecular weight is 477 g/mol. The van der Waals surface area contributed by atoms with Gasteiger partial charge >= 0.3 is 5.97 Å². The molecule has 0 aliphatic heterocycles. The van der Waals surface area contributed by atoms with Crippen molar-refractivity contribution in [1.29, 1.82) is 0 Å². The highest BCUT2D eigenvalue weighted by molar-refractivity contribution is 6.01. The Morgan fingerprint density at radius 1 is 1.09 bits per heavy atom. The smallest absolute Gasteiger partial charge is 0.341 e. The molecule has 1 amide bonds. The van der Waals surface area contributed by atoms with Crippen LogP contribution in [-0.2, 0) is 11.4 Å². The molecule has 0 bridgehead atoms. The van der Waals surface area contributed by atoms with Crippen molar-refractivity contribution in [2.75, 3.05) is 4.90 Å². The third kappa shape index (κ3) is 5.27. The van der Waals surface area contributed by atoms with E-state index in [9.17, 15) is 19.8 Å². The van der Waals surface area contributed by atoms with Gasteiger partial charge in [-0.15, -0.1) is 5.10 Å². The molecular formula is C27H32N4O4. The Morgan fingerprint density at radius 2 is 1.77 bits per heavy atom. The van der Waals surface area contributed by atoms with Gasteiger partial charge in [0.25, 0.3) is 0 Å². The first-order valence-corrected chi connectivity index (χ1v) is 12.1. The van der Waals surface area contributed by atoms with E-state index in [4.69, 9.17) is 0 Å². The van der Waals surface area contributed by atoms with Gasteiger partial charge in [-0.3, -0.25) is 14.7 Å². The first-order chi connectivity index (χ1) is 16.8. The number of aliphatic hydroxyl groups excluding tert-OH is 1. The number of nitrogens with zero attached hydrogens (tertiary/aromatic N) is 4. The number of anilines is 1. The summed E-state index contributed by atoms with van der Waals surface area (Å²) in [6, 6.07) is 12.6. The van der Waals surface area contributed by atoms with Gasteiger partial charge in [0.05, 0.1) is 23.7 Å². The minimum Gasteiger partial charge on any atom is -0.477 e. The summed E-state index contributed by atoms with van der Waals surface area (Å²) >= 11 is 0. The predicted octanol–water partition coefficient (Wildman–Crippen LogP) is 4.69. The van der Waals surface area contributed by atoms with Crippen LogP contribution in [0.25, 0.3) is 16.9 Å². The van der Waals surface area contributed by atoms with Gasteiger partial charge < -0.3 is 10.2 Å². The molecule has 35 heavy (non-hydrogen) atoms. The average Bonchev–Trinajstić information content (AvgIpc) is 3.29. The number of carboxylic acid groups (broad SMARTS) is 1. The van der Waals surface area contributed by atoms with Crippen LogP contribution in [0.1, 0.15) is 62.5 Å². The van der Waals surface area contributed by atoms with Crippen molar-refractivity contribution in [2.45, 2.75) is 59.1 Å². The predicted molar refractivity (Wildman–Crippen MR) is 133 cm³/mol. The zero-order chi connectivity index (χ0) is 25.1. The second-order valence-electron chi connectivity index (χ2n) is 9.59. The molecule has 1 aliphatic carbocycles. The number of amides is 1. The lowest BCUT2D eigenvalue weighted by Gasteiger charge is -2.32. The van der Waals surface area contributed by atoms with Gasteiger partial charge in [-0.1, -0.05) is 25.1 Å². The zero-order valence-electron chi connectivity index (χ0n) is 20.4. The molecule has 0 spiro atoms. The van der Waals surface area contributed by atoms with Crippen molar-refractivity contribution >= 4 is 17.7 Å². The quantitative estimate of drug-likeness (QED) is 0.512. The maximum absolute atomic E-state index is 13.5. The van der Waals surface area contributed by atoms with Crippen LogP contribution in [0.2, 0.25) is 0 Å². The molecule has 4 rings (SSSR count). The minimum absolute atomic E-state index is 0.00221. The van der Waals surface area contributed by atoms with Crippen LogP contribution in [0.4, 0.5) is 5.82 Å². The molecule has 2 N–H and O–H groups in total. The Kier molecular flexibility index (Phi) is 7.31. The van der Waals surface area contributed by atoms with E-state index in [0.717, 1.165) is 36.9 Å². The van der Waals surface area contributed by atoms with Crippen LogP contribution < -0.4 is 4.90 Å². The zero-order valence-corrected chi connectivity index (χ0v) is 20.4. The number of benzene rings is 1. The molecule has 184 valence electrons. The lowest BCUT2D eigenvalue weighted by atomic mass is 9.82. The topological polar surface area (TPSA) is 109 Å². The van der Waals surface area contributed by atoms with E-state index in [-0.39, 0.29) is 35.9 Å². The molecule has 8 heteroatoms. The molecule has 2 heterocycles. The van der Waals surface area contributed by atoms with Crippen molar-refractivity contribution in [1.82, 2.24) is 14.8 Å². The van der Waals surface area contributed by atoms with E-state index in [1.54, 1.807) is 11.0 Å². The van der Waals surface area contributed by atoms with Crippen LogP contribution in [0.15, 0.2) is 48.7 Å². The van der Waals surface area contributed by atoms with Crippen LogP contribution in [0, 0.1) is 11.8 Å². The van der Waals surface area contributed by atoms with Gasteiger partial charge in [-0.05, 0) is 69.7 Å². The minimum atomic E-state index is -1.12. The molecule has 1 aromatic carbocycles. The van der Waals surface area contributed by atoms with Gasteiger partial charge in [0, 0.05) is 23.7 Å². The number of hydrogen-bond acceptors (Lipinski definition) is 5. The van der Waals surface area contributed by atoms with Gasteiger partial charge in [0.1, 0.15) is 5.56 Å². The summed E-state index contributed by atoms with van der Waals surface area (Å²) in [6.45, 7) is 5.84. The maximum atomic E-state index is 13.5. The largest absolute Gasteiger partial charge is 0.477 e. The van der Waals surface area contributed by atoms with Crippen LogP contribution in [-0.4, -0.2) is 42.9 Å². The second kappa shape index (κ2) is 10.4. The fraction of sp³-hybridized carbons (Fsp3) is 0.407. The third-order valence-corrected chi connectivity index (χ3v) is 6.67. The number of carbonyl (C=O) groups is 2. The molecule has 0 saturated heterocycles. The molecule has 0 radical (unpaired) electrons. The van der Waals surface area contributed by atoms with E-state index in [2.05, 4.69) is 17.0 Å². The van der Waals surface area contributed by atoms with Gasteiger partial charge in [-0.2, -0.15) is 0 Å². The lowest BCUT2D eigenvalue weighted by molar-refractivity contribution is -0.124. The van der Waals surface area contributed by atoms with Crippen molar-refractivity contribution < 1.29 is 19.8 Å². The number of rotatable bonds is 7. The number of pyridine rings is 1. The highest BCUT2D eigenvalue weighted by Gasteiger charge is 2.34. The summed E-state index contributed by atoms with van der Waals surface area (Å²) in [6.07, 6.45) is 5.11. The molecule has 2 aromatic heterocycles. The lowest BCUT2D eigenvalue weighted by Crippen LogP contribution is -2.43. The number of carbonyl (C=O) groups excluding carboxylic acids is 1. The van der Waals surface area contributed by atoms with Gasteiger partial charge in [-0.25, -0.2) is 9.48 Å². The molecule has 1 aliphatic rings. The summed E-state index contributed by atoms with van der Waals surface area (Å²) in [5.74, 6) is -0.488. The summed E-state index contributed by atoms with van der Waals surface area (Å²) < 4.78 is 1.51. The fourth-order valence-electron chi connectivity index (χ4n) is 4.65. The molecule has 0 unspecified atom stereocenters. The van der Waals surface area contributed by atoms with Gasteiger partial charge in [0.2, 0.25) is 5.91 Å². The molecular weight excluding hydrogens is 444 g/mol. The number of aromatic nitrogens is 3. The number of hydrogen-bond donors (Lipinski definition) is 2. The first-order valence-electron chi connectivity index (χ1n) is 12.1. The second-order valence-corrected chi connectivity index (χ2v) is 9.59. The van der Waals surface area contributed by atoms with Gasteiger partial charge in [0.15, 0.2) is 5.82 Å². The van der Waals surface area contributed by atoms with E-state index in [1.165, 1.54) is 10.9 Å². The fourth-order valence-corrected chi connectivity index (χ4v) is 4.65. The Hall–Kier alpha value is -3.52. The monoisotopic (exact) mass is 476 g/mol.